The molecule has 4 heteroatoms. The fraction of sp³-hybridized carbons (Fsp3) is 0.577. The van der Waals surface area contributed by atoms with Gasteiger partial charge in [0.1, 0.15) is 11.7 Å². The molecule has 30 heavy (non-hydrogen) atoms. The van der Waals surface area contributed by atoms with E-state index < -0.39 is 0 Å². The number of aliphatic imine (C=N–C) groups is 1. The predicted molar refractivity (Wildman–Crippen MR) is 131 cm³/mol. The molecule has 4 nitrogen and oxygen atoms in total. The van der Waals surface area contributed by atoms with Crippen molar-refractivity contribution in [1.29, 1.82) is 0 Å². The van der Waals surface area contributed by atoms with Crippen molar-refractivity contribution < 1.29 is 4.74 Å². The van der Waals surface area contributed by atoms with E-state index >= 15 is 0 Å². The van der Waals surface area contributed by atoms with Crippen LogP contribution in [0, 0.1) is 11.8 Å². The third kappa shape index (κ3) is 7.64. The van der Waals surface area contributed by atoms with Gasteiger partial charge in [0.15, 0.2) is 0 Å². The van der Waals surface area contributed by atoms with Crippen LogP contribution in [0.5, 0.6) is 0 Å². The SMILES string of the molecule is C=CC/C=C\C(C)=C(\CNC1=CCC(C(C)CCC)CC(=NC)N1C=C)C(C)OC. The molecule has 1 aliphatic rings. The molecule has 0 aliphatic carbocycles. The third-order valence-corrected chi connectivity index (χ3v) is 6.07. The summed E-state index contributed by atoms with van der Waals surface area (Å²) in [6, 6.07) is 0. The molecule has 3 unspecified atom stereocenters. The smallest absolute Gasteiger partial charge is 0.108 e. The highest BCUT2D eigenvalue weighted by atomic mass is 16.5. The standard InChI is InChI=1S/C26H43N3O/c1-9-12-13-15-21(5)24(22(6)30-8)19-28-25-17-16-23(20(4)14-10-2)18-26(27-7)29(25)11-3/h9,11,13,15,17,20,22-23,28H,1,3,10,12,14,16,18-19H2,2,4-8H3/b15-13-,24-21-,27-26?. The zero-order valence-corrected chi connectivity index (χ0v) is 20.1. The van der Waals surface area contributed by atoms with E-state index in [4.69, 9.17) is 4.74 Å². The second kappa shape index (κ2) is 14.0. The molecule has 0 saturated carbocycles. The Labute approximate surface area is 185 Å². The predicted octanol–water partition coefficient (Wildman–Crippen LogP) is 6.22. The lowest BCUT2D eigenvalue weighted by atomic mass is 9.85. The number of nitrogens with zero attached hydrogens (tertiary/aromatic N) is 2. The van der Waals surface area contributed by atoms with Crippen molar-refractivity contribution in [2.45, 2.75) is 65.9 Å². The quantitative estimate of drug-likeness (QED) is 0.305. The summed E-state index contributed by atoms with van der Waals surface area (Å²) < 4.78 is 5.65. The molecule has 0 aromatic carbocycles. The number of ether oxygens (including phenoxy) is 1. The van der Waals surface area contributed by atoms with Crippen LogP contribution in [0.1, 0.15) is 59.8 Å². The minimum absolute atomic E-state index is 0.0334. The van der Waals surface area contributed by atoms with Crippen molar-refractivity contribution >= 4 is 5.84 Å². The van der Waals surface area contributed by atoms with Crippen molar-refractivity contribution in [3.8, 4) is 0 Å². The first-order chi connectivity index (χ1) is 14.4. The van der Waals surface area contributed by atoms with Gasteiger partial charge in [0, 0.05) is 33.3 Å². The number of hydrogen-bond acceptors (Lipinski definition) is 3. The van der Waals surface area contributed by atoms with E-state index in [1.165, 1.54) is 24.0 Å². The van der Waals surface area contributed by atoms with Crippen LogP contribution >= 0.6 is 0 Å². The van der Waals surface area contributed by atoms with Gasteiger partial charge in [-0.2, -0.15) is 0 Å². The molecule has 0 radical (unpaired) electrons. The van der Waals surface area contributed by atoms with Crippen molar-refractivity contribution in [1.82, 2.24) is 10.2 Å². The number of allylic oxidation sites excluding steroid dienone is 5. The minimum Gasteiger partial charge on any atom is -0.377 e. The van der Waals surface area contributed by atoms with E-state index in [0.717, 1.165) is 30.9 Å². The Morgan fingerprint density at radius 3 is 2.70 bits per heavy atom. The van der Waals surface area contributed by atoms with E-state index in [9.17, 15) is 0 Å². The zero-order chi connectivity index (χ0) is 22.5. The Hall–Kier alpha value is -2.07. The first-order valence-electron chi connectivity index (χ1n) is 11.2. The Balaban J connectivity index is 3.11. The van der Waals surface area contributed by atoms with E-state index in [1.807, 2.05) is 19.3 Å². The molecule has 0 spiro atoms. The number of methoxy groups -OCH3 is 1. The molecule has 0 saturated heterocycles. The lowest BCUT2D eigenvalue weighted by Crippen LogP contribution is -2.34. The fourth-order valence-electron chi connectivity index (χ4n) is 3.98. The molecule has 1 heterocycles. The maximum atomic E-state index is 5.65. The topological polar surface area (TPSA) is 36.9 Å². The van der Waals surface area contributed by atoms with E-state index in [2.05, 4.69) is 74.3 Å². The van der Waals surface area contributed by atoms with Crippen LogP contribution in [-0.2, 0) is 4.74 Å². The lowest BCUT2D eigenvalue weighted by molar-refractivity contribution is 0.144. The fourth-order valence-corrected chi connectivity index (χ4v) is 3.98. The lowest BCUT2D eigenvalue weighted by Gasteiger charge is -2.27. The highest BCUT2D eigenvalue weighted by molar-refractivity contribution is 5.85. The van der Waals surface area contributed by atoms with Crippen LogP contribution in [0.3, 0.4) is 0 Å². The van der Waals surface area contributed by atoms with E-state index in [0.29, 0.717) is 18.4 Å². The molecule has 1 rings (SSSR count). The van der Waals surface area contributed by atoms with Crippen molar-refractivity contribution in [3.63, 3.8) is 0 Å². The average Bonchev–Trinajstić information content (AvgIpc) is 2.92. The molecule has 0 aromatic heterocycles. The second-order valence-corrected chi connectivity index (χ2v) is 8.11. The summed E-state index contributed by atoms with van der Waals surface area (Å²) in [5.41, 5.74) is 2.45. The van der Waals surface area contributed by atoms with Gasteiger partial charge in [0.05, 0.1) is 6.10 Å². The molecular formula is C26H43N3O. The summed E-state index contributed by atoms with van der Waals surface area (Å²) in [6.45, 7) is 17.4. The monoisotopic (exact) mass is 413 g/mol. The highest BCUT2D eigenvalue weighted by Crippen LogP contribution is 2.29. The summed E-state index contributed by atoms with van der Waals surface area (Å²) in [4.78, 5) is 6.71. The van der Waals surface area contributed by atoms with Crippen LogP contribution in [0.2, 0.25) is 0 Å². The van der Waals surface area contributed by atoms with Crippen LogP contribution in [0.25, 0.3) is 0 Å². The molecule has 1 N–H and O–H groups in total. The molecular weight excluding hydrogens is 370 g/mol. The number of amidine groups is 1. The van der Waals surface area contributed by atoms with Gasteiger partial charge in [-0.1, -0.05) is 51.5 Å². The normalized spacial score (nSPS) is 21.7. The van der Waals surface area contributed by atoms with Gasteiger partial charge in [-0.25, -0.2) is 0 Å². The average molecular weight is 414 g/mol. The highest BCUT2D eigenvalue weighted by Gasteiger charge is 2.25. The maximum Gasteiger partial charge on any atom is 0.108 e. The van der Waals surface area contributed by atoms with E-state index in [1.54, 1.807) is 7.11 Å². The van der Waals surface area contributed by atoms with Gasteiger partial charge < -0.3 is 10.1 Å². The van der Waals surface area contributed by atoms with Gasteiger partial charge in [-0.05, 0) is 55.7 Å². The molecule has 1 aliphatic heterocycles. The van der Waals surface area contributed by atoms with Gasteiger partial charge in [0.2, 0.25) is 0 Å². The summed E-state index contributed by atoms with van der Waals surface area (Å²) >= 11 is 0. The molecule has 0 amide bonds. The summed E-state index contributed by atoms with van der Waals surface area (Å²) in [7, 11) is 3.64. The first kappa shape index (κ1) is 26.0. The zero-order valence-electron chi connectivity index (χ0n) is 20.1. The molecule has 3 atom stereocenters. The molecule has 0 fully saturated rings. The van der Waals surface area contributed by atoms with Gasteiger partial charge in [-0.15, -0.1) is 6.58 Å². The van der Waals surface area contributed by atoms with E-state index in [-0.39, 0.29) is 6.10 Å². The van der Waals surface area contributed by atoms with Crippen molar-refractivity contribution in [3.05, 3.63) is 60.6 Å². The molecule has 0 bridgehead atoms. The Kier molecular flexibility index (Phi) is 12.1. The first-order valence-corrected chi connectivity index (χ1v) is 11.2. The molecule has 0 aromatic rings. The van der Waals surface area contributed by atoms with Gasteiger partial charge in [-0.3, -0.25) is 9.89 Å². The largest absolute Gasteiger partial charge is 0.377 e. The number of nitrogens with one attached hydrogen (secondary N) is 1. The summed E-state index contributed by atoms with van der Waals surface area (Å²) in [6.07, 6.45) is 15.8. The summed E-state index contributed by atoms with van der Waals surface area (Å²) in [5.74, 6) is 3.40. The minimum atomic E-state index is 0.0334. The van der Waals surface area contributed by atoms with Crippen molar-refractivity contribution in [2.24, 2.45) is 16.8 Å². The Morgan fingerprint density at radius 1 is 1.40 bits per heavy atom. The Bertz CT molecular complexity index is 672. The van der Waals surface area contributed by atoms with Crippen LogP contribution < -0.4 is 5.32 Å². The second-order valence-electron chi connectivity index (χ2n) is 8.11. The number of hydrogen-bond donors (Lipinski definition) is 1. The Morgan fingerprint density at radius 2 is 2.13 bits per heavy atom. The van der Waals surface area contributed by atoms with Crippen molar-refractivity contribution in [2.75, 3.05) is 20.7 Å². The van der Waals surface area contributed by atoms with Crippen LogP contribution in [0.4, 0.5) is 0 Å². The third-order valence-electron chi connectivity index (χ3n) is 6.07. The van der Waals surface area contributed by atoms with Gasteiger partial charge >= 0.3 is 0 Å². The van der Waals surface area contributed by atoms with Crippen LogP contribution in [0.15, 0.2) is 65.6 Å². The maximum absolute atomic E-state index is 5.65. The molecule has 168 valence electrons. The number of rotatable bonds is 12. The van der Waals surface area contributed by atoms with Crippen LogP contribution in [-0.4, -0.2) is 37.5 Å². The van der Waals surface area contributed by atoms with Gasteiger partial charge in [0.25, 0.3) is 0 Å². The summed E-state index contributed by atoms with van der Waals surface area (Å²) in [5, 5.41) is 3.65.